The number of pyridine rings is 1. The molecule has 1 aromatic carbocycles. The van der Waals surface area contributed by atoms with E-state index in [2.05, 4.69) is 15.5 Å². The molecular weight excluding hydrogens is 502 g/mol. The number of nitrogens with one attached hydrogen (secondary N) is 2. The number of likely N-dealkylation sites (tertiary alicyclic amines) is 1. The lowest BCUT2D eigenvalue weighted by Gasteiger charge is -2.23. The number of carbonyl (C=O) groups excluding carboxylic acids is 1. The summed E-state index contributed by atoms with van der Waals surface area (Å²) in [6.45, 7) is 2.99. The van der Waals surface area contributed by atoms with Gasteiger partial charge >= 0.3 is 6.18 Å². The number of hydrogen-bond donors (Lipinski definition) is 2. The summed E-state index contributed by atoms with van der Waals surface area (Å²) in [7, 11) is 1.98. The fraction of sp³-hybridized carbons (Fsp3) is 0.520. The maximum Gasteiger partial charge on any atom is 0.419 e. The molecule has 1 unspecified atom stereocenters. The number of fused-ring (bicyclic) bond motifs is 1. The number of rotatable bonds is 7. The number of alkyl halides is 5. The van der Waals surface area contributed by atoms with Crippen molar-refractivity contribution in [3.63, 3.8) is 0 Å². The molecule has 6 nitrogen and oxygen atoms in total. The minimum atomic E-state index is -4.92. The Balaban J connectivity index is 1.46. The van der Waals surface area contributed by atoms with E-state index in [4.69, 9.17) is 0 Å². The lowest BCUT2D eigenvalue weighted by atomic mass is 10.0. The highest BCUT2D eigenvalue weighted by atomic mass is 19.4. The molecule has 0 spiro atoms. The quantitative estimate of drug-likeness (QED) is 0.529. The molecule has 4 atom stereocenters. The molecule has 2 heterocycles. The zero-order valence-corrected chi connectivity index (χ0v) is 20.1. The van der Waals surface area contributed by atoms with Crippen molar-refractivity contribution in [3.8, 4) is 0 Å². The Hall–Kier alpha value is -3.02. The summed E-state index contributed by atoms with van der Waals surface area (Å²) >= 11 is 0. The van der Waals surface area contributed by atoms with E-state index in [1.54, 1.807) is 0 Å². The van der Waals surface area contributed by atoms with Gasteiger partial charge in [0.1, 0.15) is 11.4 Å². The summed E-state index contributed by atoms with van der Waals surface area (Å²) in [6.07, 6.45) is -6.51. The van der Waals surface area contributed by atoms with E-state index in [1.165, 1.54) is 6.92 Å². The number of aromatic nitrogens is 1. The summed E-state index contributed by atoms with van der Waals surface area (Å²) < 4.78 is 82.5. The number of benzene rings is 1. The first-order chi connectivity index (χ1) is 17.3. The molecule has 1 aliphatic heterocycles. The van der Waals surface area contributed by atoms with Gasteiger partial charge in [-0.15, -0.1) is 0 Å². The van der Waals surface area contributed by atoms with Gasteiger partial charge in [-0.3, -0.25) is 9.59 Å². The van der Waals surface area contributed by atoms with Crippen LogP contribution in [0.15, 0.2) is 35.3 Å². The zero-order chi connectivity index (χ0) is 26.9. The molecule has 2 N–H and O–H groups in total. The van der Waals surface area contributed by atoms with Gasteiger partial charge in [-0.2, -0.15) is 13.2 Å². The lowest BCUT2D eigenvalue weighted by Crippen LogP contribution is -2.37. The minimum Gasteiger partial charge on any atom is -0.381 e. The highest BCUT2D eigenvalue weighted by Crippen LogP contribution is 2.49. The Kier molecular flexibility index (Phi) is 6.08. The largest absolute Gasteiger partial charge is 0.419 e. The number of nitrogens with zero attached hydrogens (tertiary/aromatic N) is 2. The maximum absolute atomic E-state index is 14.6. The van der Waals surface area contributed by atoms with Crippen molar-refractivity contribution >= 4 is 11.6 Å². The molecule has 1 saturated heterocycles. The normalized spacial score (nSPS) is 25.1. The highest BCUT2D eigenvalue weighted by molar-refractivity contribution is 5.99. The number of anilines is 1. The molecule has 5 rings (SSSR count). The maximum atomic E-state index is 14.6. The summed E-state index contributed by atoms with van der Waals surface area (Å²) in [4.78, 5) is 28.3. The first-order valence-electron chi connectivity index (χ1n) is 12.0. The number of piperidine rings is 1. The van der Waals surface area contributed by atoms with Crippen LogP contribution in [0.4, 0.5) is 32.0 Å². The van der Waals surface area contributed by atoms with Crippen LogP contribution in [-0.4, -0.2) is 48.0 Å². The van der Waals surface area contributed by atoms with Gasteiger partial charge in [0, 0.05) is 37.0 Å². The molecule has 1 amide bonds. The Morgan fingerprint density at radius 3 is 2.38 bits per heavy atom. The van der Waals surface area contributed by atoms with Crippen molar-refractivity contribution in [2.45, 2.75) is 50.0 Å². The Morgan fingerprint density at radius 2 is 1.81 bits per heavy atom. The van der Waals surface area contributed by atoms with Crippen molar-refractivity contribution in [1.29, 1.82) is 0 Å². The first kappa shape index (κ1) is 25.6. The molecular formula is C25H26F6N4O2. The molecule has 0 radical (unpaired) electrons. The third-order valence-electron chi connectivity index (χ3n) is 7.79. The van der Waals surface area contributed by atoms with E-state index in [0.29, 0.717) is 17.9 Å². The Labute approximate surface area is 208 Å². The molecule has 2 saturated carbocycles. The zero-order valence-electron chi connectivity index (χ0n) is 20.1. The van der Waals surface area contributed by atoms with Crippen LogP contribution in [0.3, 0.4) is 0 Å². The van der Waals surface area contributed by atoms with Gasteiger partial charge in [0.15, 0.2) is 0 Å². The predicted octanol–water partition coefficient (Wildman–Crippen LogP) is 4.22. The average Bonchev–Trinajstić information content (AvgIpc) is 3.69. The van der Waals surface area contributed by atoms with Gasteiger partial charge in [0.05, 0.1) is 22.9 Å². The van der Waals surface area contributed by atoms with Gasteiger partial charge in [-0.05, 0) is 44.7 Å². The molecule has 1 aromatic heterocycles. The van der Waals surface area contributed by atoms with Crippen LogP contribution in [0, 0.1) is 17.7 Å². The second-order valence-electron chi connectivity index (χ2n) is 10.3. The number of hydrogen-bond acceptors (Lipinski definition) is 4. The van der Waals surface area contributed by atoms with E-state index in [9.17, 15) is 35.9 Å². The molecule has 2 aromatic rings. The molecule has 0 bridgehead atoms. The third-order valence-corrected chi connectivity index (χ3v) is 7.79. The van der Waals surface area contributed by atoms with Crippen LogP contribution in [0.5, 0.6) is 0 Å². The monoisotopic (exact) mass is 528 g/mol. The molecule has 2 aliphatic carbocycles. The minimum absolute atomic E-state index is 0.00122. The number of carbonyl (C=O) groups is 1. The van der Waals surface area contributed by atoms with E-state index < -0.39 is 47.0 Å². The molecule has 37 heavy (non-hydrogen) atoms. The smallest absolute Gasteiger partial charge is 0.381 e. The number of halogens is 6. The van der Waals surface area contributed by atoms with Crippen LogP contribution in [0.2, 0.25) is 0 Å². The van der Waals surface area contributed by atoms with Crippen LogP contribution >= 0.6 is 0 Å². The van der Waals surface area contributed by atoms with Crippen LogP contribution in [0.25, 0.3) is 0 Å². The predicted molar refractivity (Wildman–Crippen MR) is 123 cm³/mol. The van der Waals surface area contributed by atoms with Gasteiger partial charge in [-0.25, -0.2) is 13.2 Å². The summed E-state index contributed by atoms with van der Waals surface area (Å²) in [6, 6.07) is 2.72. The van der Waals surface area contributed by atoms with Crippen LogP contribution in [0.1, 0.15) is 47.3 Å². The number of amides is 1. The fourth-order valence-corrected chi connectivity index (χ4v) is 5.46. The lowest BCUT2D eigenvalue weighted by molar-refractivity contribution is -0.140. The van der Waals surface area contributed by atoms with E-state index >= 15 is 0 Å². The Morgan fingerprint density at radius 1 is 1.16 bits per heavy atom. The third kappa shape index (κ3) is 4.49. The van der Waals surface area contributed by atoms with E-state index in [1.807, 2.05) is 7.05 Å². The average molecular weight is 528 g/mol. The van der Waals surface area contributed by atoms with Crippen molar-refractivity contribution in [3.05, 3.63) is 63.3 Å². The molecule has 12 heteroatoms. The van der Waals surface area contributed by atoms with Crippen molar-refractivity contribution in [1.82, 2.24) is 14.8 Å². The summed E-state index contributed by atoms with van der Waals surface area (Å²) in [5, 5.41) is 5.67. The van der Waals surface area contributed by atoms with Crippen molar-refractivity contribution in [2.24, 2.45) is 11.8 Å². The van der Waals surface area contributed by atoms with Crippen molar-refractivity contribution < 1.29 is 31.1 Å². The topological polar surface area (TPSA) is 66.4 Å². The Bertz CT molecular complexity index is 1280. The molecule has 200 valence electrons. The SMILES string of the molecule is C[C@@H](NC(=O)c1cn(C2(C(F)F)CC2)c(=O)cc1NC1[C@H]2CN(C)C[C@@H]12)c1cccc(C(F)(F)F)c1F. The van der Waals surface area contributed by atoms with E-state index in [0.717, 1.165) is 42.1 Å². The van der Waals surface area contributed by atoms with Crippen molar-refractivity contribution in [2.75, 3.05) is 25.5 Å². The standard InChI is InChI=1S/C25H26F6N4O2/c1-12(13-4-3-5-17(20(13)26)25(29,30)31)32-22(37)16-11-35(24(6-7-24)23(27)28)19(36)8-18(16)33-21-14-9-34(2)10-15(14)21/h3-5,8,11-12,14-15,21,23,33H,6-7,9-10H2,1-2H3,(H,32,37)/t12-,14-,15+,21?/m1/s1. The molecule has 3 fully saturated rings. The van der Waals surface area contributed by atoms with Crippen LogP contribution < -0.4 is 16.2 Å². The van der Waals surface area contributed by atoms with Crippen LogP contribution in [-0.2, 0) is 11.7 Å². The second-order valence-corrected chi connectivity index (χ2v) is 10.3. The fourth-order valence-electron chi connectivity index (χ4n) is 5.46. The van der Waals surface area contributed by atoms with Gasteiger partial charge in [0.25, 0.3) is 17.9 Å². The summed E-state index contributed by atoms with van der Waals surface area (Å²) in [5.41, 5.74) is -4.16. The van der Waals surface area contributed by atoms with E-state index in [-0.39, 0.29) is 35.7 Å². The van der Waals surface area contributed by atoms with Gasteiger partial charge < -0.3 is 20.1 Å². The van der Waals surface area contributed by atoms with Gasteiger partial charge in [0.2, 0.25) is 0 Å². The first-order valence-corrected chi connectivity index (χ1v) is 12.0. The van der Waals surface area contributed by atoms with Gasteiger partial charge in [-0.1, -0.05) is 12.1 Å². The highest BCUT2D eigenvalue weighted by Gasteiger charge is 2.56. The summed E-state index contributed by atoms with van der Waals surface area (Å²) in [5.74, 6) is -1.70. The molecule has 3 aliphatic rings. The second kappa shape index (κ2) is 8.78.